The van der Waals surface area contributed by atoms with Crippen LogP contribution in [0.3, 0.4) is 0 Å². The van der Waals surface area contributed by atoms with Crippen molar-refractivity contribution < 1.29 is 9.53 Å². The third-order valence-electron chi connectivity index (χ3n) is 2.05. The Morgan fingerprint density at radius 1 is 1.67 bits per heavy atom. The van der Waals surface area contributed by atoms with Gasteiger partial charge in [-0.2, -0.15) is 0 Å². The number of nitrogens with zero attached hydrogens (tertiary/aromatic N) is 3. The van der Waals surface area contributed by atoms with Crippen molar-refractivity contribution in [3.63, 3.8) is 0 Å². The van der Waals surface area contributed by atoms with E-state index in [-0.39, 0.29) is 12.1 Å². The van der Waals surface area contributed by atoms with Gasteiger partial charge in [0.15, 0.2) is 0 Å². The van der Waals surface area contributed by atoms with Crippen molar-refractivity contribution in [2.24, 2.45) is 5.11 Å². The molecular weight excluding hydrogens is 198 g/mol. The number of carbonyl (C=O) groups excluding carboxylic acids is 1. The molecule has 0 aromatic heterocycles. The molecular formula is C8H15N5O2. The molecule has 0 bridgehead atoms. The van der Waals surface area contributed by atoms with E-state index in [1.807, 2.05) is 0 Å². The number of rotatable bonds is 5. The third-order valence-corrected chi connectivity index (χ3v) is 2.05. The minimum atomic E-state index is -0.188. The molecule has 1 aliphatic rings. The lowest BCUT2D eigenvalue weighted by atomic mass is 10.3. The molecule has 1 aliphatic heterocycles. The van der Waals surface area contributed by atoms with Gasteiger partial charge in [-0.1, -0.05) is 5.11 Å². The first-order chi connectivity index (χ1) is 7.33. The fourth-order valence-corrected chi connectivity index (χ4v) is 1.28. The van der Waals surface area contributed by atoms with Gasteiger partial charge >= 0.3 is 6.03 Å². The van der Waals surface area contributed by atoms with Crippen molar-refractivity contribution in [1.82, 2.24) is 10.6 Å². The average Bonchev–Trinajstić information content (AvgIpc) is 2.70. The monoisotopic (exact) mass is 213 g/mol. The molecule has 1 unspecified atom stereocenters. The standard InChI is InChI=1S/C8H15N5O2/c9-13-11-4-1-3-10-8(14)12-7-2-5-15-6-7/h7H,1-6H2,(H2,10,12,14). The number of hydrogen-bond donors (Lipinski definition) is 2. The second kappa shape index (κ2) is 6.92. The van der Waals surface area contributed by atoms with Crippen LogP contribution in [0.4, 0.5) is 4.79 Å². The molecule has 84 valence electrons. The van der Waals surface area contributed by atoms with Gasteiger partial charge in [0.1, 0.15) is 0 Å². The van der Waals surface area contributed by atoms with E-state index in [2.05, 4.69) is 20.7 Å². The Morgan fingerprint density at radius 2 is 2.53 bits per heavy atom. The van der Waals surface area contributed by atoms with Crippen LogP contribution in [0.2, 0.25) is 0 Å². The van der Waals surface area contributed by atoms with Gasteiger partial charge in [0.25, 0.3) is 0 Å². The molecule has 7 heteroatoms. The Hall–Kier alpha value is -1.46. The van der Waals surface area contributed by atoms with Crippen molar-refractivity contribution in [2.75, 3.05) is 26.3 Å². The molecule has 1 heterocycles. The van der Waals surface area contributed by atoms with Crippen LogP contribution in [0.25, 0.3) is 10.4 Å². The summed E-state index contributed by atoms with van der Waals surface area (Å²) in [6, 6.07) is -0.0615. The van der Waals surface area contributed by atoms with Crippen molar-refractivity contribution in [3.8, 4) is 0 Å². The van der Waals surface area contributed by atoms with E-state index >= 15 is 0 Å². The molecule has 1 saturated heterocycles. The van der Waals surface area contributed by atoms with E-state index < -0.39 is 0 Å². The summed E-state index contributed by atoms with van der Waals surface area (Å²) < 4.78 is 5.12. The number of urea groups is 1. The quantitative estimate of drug-likeness (QED) is 0.305. The zero-order chi connectivity index (χ0) is 10.9. The van der Waals surface area contributed by atoms with Crippen LogP contribution in [0.15, 0.2) is 5.11 Å². The summed E-state index contributed by atoms with van der Waals surface area (Å²) in [4.78, 5) is 13.9. The highest BCUT2D eigenvalue weighted by Crippen LogP contribution is 2.02. The Bertz CT molecular complexity index is 245. The molecule has 0 aromatic rings. The van der Waals surface area contributed by atoms with Crippen LogP contribution in [0.5, 0.6) is 0 Å². The normalized spacial score (nSPS) is 19.3. The van der Waals surface area contributed by atoms with Gasteiger partial charge in [-0.05, 0) is 18.4 Å². The van der Waals surface area contributed by atoms with Crippen molar-refractivity contribution in [1.29, 1.82) is 0 Å². The molecule has 7 nitrogen and oxygen atoms in total. The molecule has 0 spiro atoms. The maximum Gasteiger partial charge on any atom is 0.315 e. The molecule has 0 aliphatic carbocycles. The summed E-state index contributed by atoms with van der Waals surface area (Å²) in [5.74, 6) is 0. The van der Waals surface area contributed by atoms with Crippen molar-refractivity contribution >= 4 is 6.03 Å². The summed E-state index contributed by atoms with van der Waals surface area (Å²) in [6.45, 7) is 2.22. The van der Waals surface area contributed by atoms with Gasteiger partial charge in [-0.15, -0.1) is 0 Å². The van der Waals surface area contributed by atoms with Gasteiger partial charge in [0, 0.05) is 24.6 Å². The number of nitrogens with one attached hydrogen (secondary N) is 2. The predicted molar refractivity (Wildman–Crippen MR) is 54.4 cm³/mol. The highest BCUT2D eigenvalue weighted by atomic mass is 16.5. The van der Waals surface area contributed by atoms with Gasteiger partial charge in [-0.25, -0.2) is 4.79 Å². The first kappa shape index (κ1) is 11.6. The van der Waals surface area contributed by atoms with Crippen LogP contribution in [-0.2, 0) is 4.74 Å². The van der Waals surface area contributed by atoms with Crippen LogP contribution < -0.4 is 10.6 Å². The first-order valence-electron chi connectivity index (χ1n) is 4.96. The van der Waals surface area contributed by atoms with E-state index in [0.29, 0.717) is 32.7 Å². The molecule has 1 fully saturated rings. The molecule has 2 N–H and O–H groups in total. The topological polar surface area (TPSA) is 99.1 Å². The average molecular weight is 213 g/mol. The van der Waals surface area contributed by atoms with E-state index in [9.17, 15) is 4.79 Å². The Balaban J connectivity index is 2.00. The fourth-order valence-electron chi connectivity index (χ4n) is 1.28. The minimum absolute atomic E-state index is 0.127. The van der Waals surface area contributed by atoms with Gasteiger partial charge in [0.05, 0.1) is 12.6 Å². The predicted octanol–water partition coefficient (Wildman–Crippen LogP) is 0.775. The maximum absolute atomic E-state index is 11.3. The molecule has 1 rings (SSSR count). The summed E-state index contributed by atoms with van der Waals surface area (Å²) in [5, 5.41) is 8.83. The Kier molecular flexibility index (Phi) is 5.35. The molecule has 1 atom stereocenters. The van der Waals surface area contributed by atoms with Crippen molar-refractivity contribution in [3.05, 3.63) is 10.4 Å². The van der Waals surface area contributed by atoms with Crippen molar-refractivity contribution in [2.45, 2.75) is 18.9 Å². The second-order valence-corrected chi connectivity index (χ2v) is 3.27. The van der Waals surface area contributed by atoms with Crippen LogP contribution in [-0.4, -0.2) is 38.4 Å². The second-order valence-electron chi connectivity index (χ2n) is 3.27. The lowest BCUT2D eigenvalue weighted by molar-refractivity contribution is 0.188. The Labute approximate surface area is 87.8 Å². The maximum atomic E-state index is 11.3. The van der Waals surface area contributed by atoms with Gasteiger partial charge in [0.2, 0.25) is 0 Å². The number of amides is 2. The SMILES string of the molecule is [N-]=[N+]=NCCCNC(=O)NC1CCOC1. The fraction of sp³-hybridized carbons (Fsp3) is 0.875. The van der Waals surface area contributed by atoms with Crippen LogP contribution in [0.1, 0.15) is 12.8 Å². The molecule has 0 saturated carbocycles. The Morgan fingerprint density at radius 3 is 3.20 bits per heavy atom. The zero-order valence-corrected chi connectivity index (χ0v) is 8.48. The van der Waals surface area contributed by atoms with Crippen LogP contribution >= 0.6 is 0 Å². The van der Waals surface area contributed by atoms with Crippen LogP contribution in [0, 0.1) is 0 Å². The third kappa shape index (κ3) is 5.09. The number of ether oxygens (including phenoxy) is 1. The van der Waals surface area contributed by atoms with E-state index in [1.165, 1.54) is 0 Å². The van der Waals surface area contributed by atoms with E-state index in [0.717, 1.165) is 6.42 Å². The summed E-state index contributed by atoms with van der Waals surface area (Å²) in [5.41, 5.74) is 8.01. The van der Waals surface area contributed by atoms with E-state index in [4.69, 9.17) is 10.3 Å². The number of hydrogen-bond acceptors (Lipinski definition) is 3. The lowest BCUT2D eigenvalue weighted by Crippen LogP contribution is -2.42. The molecule has 0 aromatic carbocycles. The van der Waals surface area contributed by atoms with E-state index in [1.54, 1.807) is 0 Å². The highest BCUT2D eigenvalue weighted by Gasteiger charge is 2.16. The first-order valence-corrected chi connectivity index (χ1v) is 4.96. The number of azide groups is 1. The summed E-state index contributed by atoms with van der Waals surface area (Å²) in [7, 11) is 0. The largest absolute Gasteiger partial charge is 0.379 e. The molecule has 15 heavy (non-hydrogen) atoms. The highest BCUT2D eigenvalue weighted by molar-refractivity contribution is 5.74. The van der Waals surface area contributed by atoms with Gasteiger partial charge in [-0.3, -0.25) is 0 Å². The molecule has 2 amide bonds. The molecule has 0 radical (unpaired) electrons. The van der Waals surface area contributed by atoms with Gasteiger partial charge < -0.3 is 15.4 Å². The zero-order valence-electron chi connectivity index (χ0n) is 8.48. The summed E-state index contributed by atoms with van der Waals surface area (Å²) >= 11 is 0. The lowest BCUT2D eigenvalue weighted by Gasteiger charge is -2.11. The summed E-state index contributed by atoms with van der Waals surface area (Å²) in [6.07, 6.45) is 1.52. The minimum Gasteiger partial charge on any atom is -0.379 e. The number of carbonyl (C=O) groups is 1. The smallest absolute Gasteiger partial charge is 0.315 e.